The zero-order valence-electron chi connectivity index (χ0n) is 9.43. The summed E-state index contributed by atoms with van der Waals surface area (Å²) in [5, 5.41) is 2.35. The van der Waals surface area contributed by atoms with Crippen LogP contribution in [-0.4, -0.2) is 15.0 Å². The Labute approximate surface area is 110 Å². The summed E-state index contributed by atoms with van der Waals surface area (Å²) in [7, 11) is 0. The quantitative estimate of drug-likeness (QED) is 0.792. The van der Waals surface area contributed by atoms with E-state index in [1.165, 1.54) is 18.1 Å². The van der Waals surface area contributed by atoms with Gasteiger partial charge in [-0.2, -0.15) is 0 Å². The van der Waals surface area contributed by atoms with Gasteiger partial charge in [0, 0.05) is 11.8 Å². The Morgan fingerprint density at radius 2 is 2.12 bits per heavy atom. The molecule has 0 bridgehead atoms. The van der Waals surface area contributed by atoms with Crippen LogP contribution in [0.3, 0.4) is 0 Å². The van der Waals surface area contributed by atoms with E-state index in [2.05, 4.69) is 21.9 Å². The van der Waals surface area contributed by atoms with Crippen LogP contribution >= 0.6 is 23.4 Å². The van der Waals surface area contributed by atoms with Crippen molar-refractivity contribution in [3.8, 4) is 0 Å². The lowest BCUT2D eigenvalue weighted by molar-refractivity contribution is 0.855. The van der Waals surface area contributed by atoms with Crippen molar-refractivity contribution in [2.75, 3.05) is 0 Å². The van der Waals surface area contributed by atoms with Gasteiger partial charge in [0.1, 0.15) is 21.5 Å². The minimum atomic E-state index is 0.542. The maximum Gasteiger partial charge on any atom is 0.136 e. The largest absolute Gasteiger partial charge is 0.250 e. The third-order valence-corrected chi connectivity index (χ3v) is 3.51. The highest BCUT2D eigenvalue weighted by atomic mass is 35.5. The Kier molecular flexibility index (Phi) is 4.34. The number of hydrogen-bond acceptors (Lipinski definition) is 4. The molecule has 2 heterocycles. The summed E-state index contributed by atoms with van der Waals surface area (Å²) >= 11 is 7.61. The number of rotatable bonds is 4. The van der Waals surface area contributed by atoms with Gasteiger partial charge in [0.05, 0.1) is 0 Å². The molecule has 0 aliphatic rings. The predicted molar refractivity (Wildman–Crippen MR) is 69.4 cm³/mol. The standard InChI is InChI=1S/C12H12ClN3S/c1-2-5-9-11(13)15-8-16-12(9)17-10-6-3-4-7-14-10/h3-4,6-8H,2,5H2,1H3. The average Bonchev–Trinajstić information content (AvgIpc) is 2.35. The van der Waals surface area contributed by atoms with Gasteiger partial charge in [0.2, 0.25) is 0 Å². The maximum atomic E-state index is 6.09. The van der Waals surface area contributed by atoms with Crippen LogP contribution in [0, 0.1) is 0 Å². The molecule has 5 heteroatoms. The monoisotopic (exact) mass is 265 g/mol. The van der Waals surface area contributed by atoms with Gasteiger partial charge in [-0.15, -0.1) is 0 Å². The highest BCUT2D eigenvalue weighted by Gasteiger charge is 2.10. The van der Waals surface area contributed by atoms with E-state index in [9.17, 15) is 0 Å². The number of halogens is 1. The van der Waals surface area contributed by atoms with Crippen LogP contribution < -0.4 is 0 Å². The molecular formula is C12H12ClN3S. The summed E-state index contributed by atoms with van der Waals surface area (Å²) < 4.78 is 0. The summed E-state index contributed by atoms with van der Waals surface area (Å²) in [6, 6.07) is 5.80. The first kappa shape index (κ1) is 12.3. The fourth-order valence-corrected chi connectivity index (χ4v) is 2.59. The molecule has 3 nitrogen and oxygen atoms in total. The molecule has 0 unspecified atom stereocenters. The molecule has 2 rings (SSSR count). The summed E-state index contributed by atoms with van der Waals surface area (Å²) in [6.45, 7) is 2.11. The van der Waals surface area contributed by atoms with Crippen molar-refractivity contribution in [1.82, 2.24) is 15.0 Å². The topological polar surface area (TPSA) is 38.7 Å². The van der Waals surface area contributed by atoms with E-state index < -0.39 is 0 Å². The minimum Gasteiger partial charge on any atom is -0.250 e. The van der Waals surface area contributed by atoms with Gasteiger partial charge < -0.3 is 0 Å². The Morgan fingerprint density at radius 1 is 1.24 bits per heavy atom. The summed E-state index contributed by atoms with van der Waals surface area (Å²) in [6.07, 6.45) is 5.16. The van der Waals surface area contributed by atoms with Gasteiger partial charge in [0.15, 0.2) is 0 Å². The van der Waals surface area contributed by atoms with E-state index in [0.29, 0.717) is 5.15 Å². The molecule has 17 heavy (non-hydrogen) atoms. The molecule has 0 amide bonds. The number of nitrogens with zero attached hydrogens (tertiary/aromatic N) is 3. The van der Waals surface area contributed by atoms with Crippen molar-refractivity contribution < 1.29 is 0 Å². The summed E-state index contributed by atoms with van der Waals surface area (Å²) in [5.74, 6) is 0. The van der Waals surface area contributed by atoms with Crippen LogP contribution in [0.2, 0.25) is 5.15 Å². The third-order valence-electron chi connectivity index (χ3n) is 2.19. The minimum absolute atomic E-state index is 0.542. The lowest BCUT2D eigenvalue weighted by Gasteiger charge is -2.07. The smallest absolute Gasteiger partial charge is 0.136 e. The normalized spacial score (nSPS) is 10.5. The second kappa shape index (κ2) is 5.98. The molecule has 0 aromatic carbocycles. The van der Waals surface area contributed by atoms with Crippen LogP contribution in [0.5, 0.6) is 0 Å². The molecule has 0 N–H and O–H groups in total. The lowest BCUT2D eigenvalue weighted by Crippen LogP contribution is -1.95. The van der Waals surface area contributed by atoms with Crippen molar-refractivity contribution in [2.24, 2.45) is 0 Å². The molecule has 0 spiro atoms. The van der Waals surface area contributed by atoms with Gasteiger partial charge in [-0.25, -0.2) is 15.0 Å². The second-order valence-corrected chi connectivity index (χ2v) is 4.84. The van der Waals surface area contributed by atoms with E-state index in [4.69, 9.17) is 11.6 Å². The number of pyridine rings is 1. The summed E-state index contributed by atoms with van der Waals surface area (Å²) in [5.41, 5.74) is 1.01. The van der Waals surface area contributed by atoms with Gasteiger partial charge >= 0.3 is 0 Å². The van der Waals surface area contributed by atoms with Crippen molar-refractivity contribution in [1.29, 1.82) is 0 Å². The van der Waals surface area contributed by atoms with E-state index in [1.54, 1.807) is 6.20 Å². The van der Waals surface area contributed by atoms with Gasteiger partial charge in [0.25, 0.3) is 0 Å². The van der Waals surface area contributed by atoms with Crippen molar-refractivity contribution in [3.05, 3.63) is 41.4 Å². The van der Waals surface area contributed by atoms with Crippen molar-refractivity contribution in [2.45, 2.75) is 29.8 Å². The highest BCUT2D eigenvalue weighted by molar-refractivity contribution is 7.99. The average molecular weight is 266 g/mol. The van der Waals surface area contributed by atoms with Gasteiger partial charge in [-0.3, -0.25) is 0 Å². The molecule has 2 aromatic rings. The molecule has 0 fully saturated rings. The Balaban J connectivity index is 2.29. The van der Waals surface area contributed by atoms with Crippen LogP contribution in [0.25, 0.3) is 0 Å². The molecule has 0 aliphatic heterocycles. The Hall–Kier alpha value is -1.13. The first-order valence-electron chi connectivity index (χ1n) is 5.39. The van der Waals surface area contributed by atoms with E-state index in [1.807, 2.05) is 18.2 Å². The molecule has 88 valence electrons. The van der Waals surface area contributed by atoms with Crippen LogP contribution in [0.4, 0.5) is 0 Å². The van der Waals surface area contributed by atoms with Crippen LogP contribution in [0.15, 0.2) is 40.8 Å². The van der Waals surface area contributed by atoms with Gasteiger partial charge in [-0.1, -0.05) is 31.0 Å². The second-order valence-electron chi connectivity index (χ2n) is 3.47. The van der Waals surface area contributed by atoms with Crippen LogP contribution in [0.1, 0.15) is 18.9 Å². The lowest BCUT2D eigenvalue weighted by atomic mass is 10.2. The molecule has 0 saturated heterocycles. The highest BCUT2D eigenvalue weighted by Crippen LogP contribution is 2.30. The SMILES string of the molecule is CCCc1c(Cl)ncnc1Sc1ccccn1. The van der Waals surface area contributed by atoms with E-state index in [-0.39, 0.29) is 0 Å². The third kappa shape index (κ3) is 3.17. The fourth-order valence-electron chi connectivity index (χ4n) is 1.43. The van der Waals surface area contributed by atoms with E-state index in [0.717, 1.165) is 28.5 Å². The summed E-state index contributed by atoms with van der Waals surface area (Å²) in [4.78, 5) is 12.6. The zero-order valence-corrected chi connectivity index (χ0v) is 11.0. The van der Waals surface area contributed by atoms with Crippen LogP contribution in [-0.2, 0) is 6.42 Å². The predicted octanol–water partition coefficient (Wildman–Crippen LogP) is 3.63. The van der Waals surface area contributed by atoms with Crippen molar-refractivity contribution >= 4 is 23.4 Å². The molecule has 0 aliphatic carbocycles. The molecule has 2 aromatic heterocycles. The van der Waals surface area contributed by atoms with Gasteiger partial charge in [-0.05, 0) is 30.3 Å². The Bertz CT molecular complexity index is 490. The zero-order chi connectivity index (χ0) is 12.1. The van der Waals surface area contributed by atoms with E-state index >= 15 is 0 Å². The maximum absolute atomic E-state index is 6.09. The number of hydrogen-bond donors (Lipinski definition) is 0. The fraction of sp³-hybridized carbons (Fsp3) is 0.250. The first-order chi connectivity index (χ1) is 8.31. The first-order valence-corrected chi connectivity index (χ1v) is 6.59. The van der Waals surface area contributed by atoms with Crippen molar-refractivity contribution in [3.63, 3.8) is 0 Å². The molecule has 0 atom stereocenters. The molecule has 0 saturated carbocycles. The Morgan fingerprint density at radius 3 is 2.82 bits per heavy atom. The molecule has 0 radical (unpaired) electrons. The molecular weight excluding hydrogens is 254 g/mol. The number of aromatic nitrogens is 3.